The van der Waals surface area contributed by atoms with E-state index in [4.69, 9.17) is 0 Å². The number of likely N-dealkylation sites (tertiary alicyclic amines) is 1. The van der Waals surface area contributed by atoms with Crippen molar-refractivity contribution in [2.75, 3.05) is 18.1 Å². The van der Waals surface area contributed by atoms with Gasteiger partial charge >= 0.3 is 0 Å². The molecule has 144 valence electrons. The molecule has 2 unspecified atom stereocenters. The van der Waals surface area contributed by atoms with Crippen LogP contribution in [0.15, 0.2) is 29.2 Å². The molecule has 0 radical (unpaired) electrons. The first kappa shape index (κ1) is 19.3. The number of hydrogen-bond acceptors (Lipinski definition) is 5. The van der Waals surface area contributed by atoms with Crippen LogP contribution in [0.2, 0.25) is 0 Å². The fraction of sp³-hybridized carbons (Fsp3) is 0.588. The molecule has 2 saturated heterocycles. The van der Waals surface area contributed by atoms with Crippen LogP contribution in [0.3, 0.4) is 0 Å². The van der Waals surface area contributed by atoms with Crippen LogP contribution in [0.4, 0.5) is 0 Å². The van der Waals surface area contributed by atoms with Gasteiger partial charge in [0.25, 0.3) is 5.91 Å². The first-order valence-electron chi connectivity index (χ1n) is 8.82. The van der Waals surface area contributed by atoms with Crippen molar-refractivity contribution in [1.29, 1.82) is 0 Å². The maximum Gasteiger partial charge on any atom is 0.254 e. The van der Waals surface area contributed by atoms with Crippen molar-refractivity contribution in [2.24, 2.45) is 0 Å². The summed E-state index contributed by atoms with van der Waals surface area (Å²) in [4.78, 5) is 14.5. The quantitative estimate of drug-likeness (QED) is 0.818. The summed E-state index contributed by atoms with van der Waals surface area (Å²) in [6.45, 7) is 2.74. The lowest BCUT2D eigenvalue weighted by Gasteiger charge is -2.33. The van der Waals surface area contributed by atoms with Gasteiger partial charge in [0.05, 0.1) is 16.4 Å². The van der Waals surface area contributed by atoms with Crippen LogP contribution in [-0.2, 0) is 19.9 Å². The van der Waals surface area contributed by atoms with Crippen LogP contribution in [-0.4, -0.2) is 57.8 Å². The molecule has 9 heteroatoms. The number of sulfonamides is 1. The van der Waals surface area contributed by atoms with Crippen LogP contribution in [0.25, 0.3) is 0 Å². The number of sulfone groups is 1. The second-order valence-corrected chi connectivity index (χ2v) is 11.0. The molecule has 0 saturated carbocycles. The number of carbonyl (C=O) groups is 1. The van der Waals surface area contributed by atoms with Crippen molar-refractivity contribution in [2.45, 2.75) is 49.6 Å². The predicted molar refractivity (Wildman–Crippen MR) is 98.2 cm³/mol. The number of nitrogens with one attached hydrogen (secondary N) is 1. The predicted octanol–water partition coefficient (Wildman–Crippen LogP) is 1.17. The van der Waals surface area contributed by atoms with Crippen molar-refractivity contribution in [3.63, 3.8) is 0 Å². The maximum atomic E-state index is 12.6. The largest absolute Gasteiger partial charge is 0.336 e. The van der Waals surface area contributed by atoms with E-state index in [0.717, 1.165) is 25.8 Å². The SMILES string of the molecule is CC1CCCCN1C(=O)c1ccc(S(=O)(=O)NC2CCS(=O)(=O)C2)cc1. The fourth-order valence-corrected chi connectivity index (χ4v) is 6.57. The Balaban J connectivity index is 1.71. The maximum absolute atomic E-state index is 12.6. The van der Waals surface area contributed by atoms with E-state index in [1.165, 1.54) is 24.3 Å². The Bertz CT molecular complexity index is 878. The summed E-state index contributed by atoms with van der Waals surface area (Å²) in [6, 6.07) is 5.42. The number of rotatable bonds is 4. The Kier molecular flexibility index (Phi) is 5.41. The van der Waals surface area contributed by atoms with Gasteiger partial charge in [0.1, 0.15) is 0 Å². The van der Waals surface area contributed by atoms with E-state index in [9.17, 15) is 21.6 Å². The van der Waals surface area contributed by atoms with Crippen molar-refractivity contribution < 1.29 is 21.6 Å². The van der Waals surface area contributed by atoms with E-state index in [1.54, 1.807) is 0 Å². The highest BCUT2D eigenvalue weighted by Gasteiger charge is 2.31. The van der Waals surface area contributed by atoms with Crippen LogP contribution in [0, 0.1) is 0 Å². The standard InChI is InChI=1S/C17H24N2O5S2/c1-13-4-2-3-10-19(13)17(20)14-5-7-16(8-6-14)26(23,24)18-15-9-11-25(21,22)12-15/h5-8,13,15,18H,2-4,9-12H2,1H3. The molecule has 1 amide bonds. The number of piperidine rings is 1. The average Bonchev–Trinajstić information content (AvgIpc) is 2.92. The summed E-state index contributed by atoms with van der Waals surface area (Å²) in [5.74, 6) is -0.256. The molecular weight excluding hydrogens is 376 g/mol. The van der Waals surface area contributed by atoms with E-state index < -0.39 is 25.9 Å². The van der Waals surface area contributed by atoms with Gasteiger partial charge in [-0.1, -0.05) is 0 Å². The molecule has 3 rings (SSSR count). The van der Waals surface area contributed by atoms with Gasteiger partial charge in [0, 0.05) is 24.2 Å². The second kappa shape index (κ2) is 7.28. The van der Waals surface area contributed by atoms with Crippen LogP contribution in [0.1, 0.15) is 43.0 Å². The van der Waals surface area contributed by atoms with Gasteiger partial charge in [-0.05, 0) is 56.9 Å². The van der Waals surface area contributed by atoms with E-state index in [1.807, 2.05) is 11.8 Å². The van der Waals surface area contributed by atoms with Crippen LogP contribution in [0.5, 0.6) is 0 Å². The lowest BCUT2D eigenvalue weighted by atomic mass is 10.0. The van der Waals surface area contributed by atoms with Gasteiger partial charge < -0.3 is 4.90 Å². The van der Waals surface area contributed by atoms with E-state index in [2.05, 4.69) is 4.72 Å². The highest BCUT2D eigenvalue weighted by Crippen LogP contribution is 2.21. The summed E-state index contributed by atoms with van der Waals surface area (Å²) in [7, 11) is -6.97. The first-order chi connectivity index (χ1) is 12.2. The monoisotopic (exact) mass is 400 g/mol. The minimum Gasteiger partial charge on any atom is -0.336 e. The third-order valence-corrected chi connectivity index (χ3v) is 8.33. The van der Waals surface area contributed by atoms with Gasteiger partial charge in [0.15, 0.2) is 9.84 Å². The first-order valence-corrected chi connectivity index (χ1v) is 12.1. The Hall–Kier alpha value is -1.45. The van der Waals surface area contributed by atoms with Crippen LogP contribution >= 0.6 is 0 Å². The van der Waals surface area contributed by atoms with Gasteiger partial charge in [-0.2, -0.15) is 0 Å². The fourth-order valence-electron chi connectivity index (χ4n) is 3.52. The number of carbonyl (C=O) groups excluding carboxylic acids is 1. The lowest BCUT2D eigenvalue weighted by molar-refractivity contribution is 0.0635. The van der Waals surface area contributed by atoms with Gasteiger partial charge in [-0.3, -0.25) is 4.79 Å². The molecule has 2 fully saturated rings. The molecule has 1 aromatic carbocycles. The molecule has 1 aromatic rings. The molecule has 26 heavy (non-hydrogen) atoms. The smallest absolute Gasteiger partial charge is 0.254 e. The zero-order chi connectivity index (χ0) is 18.9. The molecule has 2 aliphatic heterocycles. The Morgan fingerprint density at radius 3 is 2.42 bits per heavy atom. The number of hydrogen-bond donors (Lipinski definition) is 1. The van der Waals surface area contributed by atoms with E-state index >= 15 is 0 Å². The minimum absolute atomic E-state index is 0.00163. The Morgan fingerprint density at radius 1 is 1.15 bits per heavy atom. The molecule has 2 atom stereocenters. The van der Waals surface area contributed by atoms with Crippen molar-refractivity contribution in [1.82, 2.24) is 9.62 Å². The zero-order valence-corrected chi connectivity index (χ0v) is 16.4. The van der Waals surface area contributed by atoms with Crippen molar-refractivity contribution in [3.8, 4) is 0 Å². The Labute approximate surface area is 154 Å². The Morgan fingerprint density at radius 2 is 1.85 bits per heavy atom. The van der Waals surface area contributed by atoms with Crippen molar-refractivity contribution >= 4 is 25.8 Å². The molecule has 0 aliphatic carbocycles. The van der Waals surface area contributed by atoms with Gasteiger partial charge in [-0.15, -0.1) is 0 Å². The van der Waals surface area contributed by atoms with Gasteiger partial charge in [-0.25, -0.2) is 21.6 Å². The highest BCUT2D eigenvalue weighted by molar-refractivity contribution is 7.92. The summed E-state index contributed by atoms with van der Waals surface area (Å²) >= 11 is 0. The van der Waals surface area contributed by atoms with Crippen molar-refractivity contribution in [3.05, 3.63) is 29.8 Å². The topological polar surface area (TPSA) is 101 Å². The summed E-state index contributed by atoms with van der Waals surface area (Å²) in [6.07, 6.45) is 3.36. The summed E-state index contributed by atoms with van der Waals surface area (Å²) < 4.78 is 50.3. The summed E-state index contributed by atoms with van der Waals surface area (Å²) in [5, 5.41) is 0. The molecule has 0 aromatic heterocycles. The second-order valence-electron chi connectivity index (χ2n) is 7.09. The molecule has 0 spiro atoms. The minimum atomic E-state index is -3.81. The molecule has 7 nitrogen and oxygen atoms in total. The molecule has 2 aliphatic rings. The van der Waals surface area contributed by atoms with Crippen LogP contribution < -0.4 is 4.72 Å². The number of nitrogens with zero attached hydrogens (tertiary/aromatic N) is 1. The third kappa shape index (κ3) is 4.27. The third-order valence-electron chi connectivity index (χ3n) is 5.03. The molecule has 0 bridgehead atoms. The highest BCUT2D eigenvalue weighted by atomic mass is 32.2. The summed E-state index contributed by atoms with van der Waals surface area (Å²) in [5.41, 5.74) is 0.459. The lowest BCUT2D eigenvalue weighted by Crippen LogP contribution is -2.42. The average molecular weight is 401 g/mol. The van der Waals surface area contributed by atoms with E-state index in [-0.39, 0.29) is 34.8 Å². The number of amides is 1. The zero-order valence-electron chi connectivity index (χ0n) is 14.7. The molecular formula is C17H24N2O5S2. The normalized spacial score (nSPS) is 26.0. The molecule has 2 heterocycles. The van der Waals surface area contributed by atoms with Gasteiger partial charge in [0.2, 0.25) is 10.0 Å². The van der Waals surface area contributed by atoms with E-state index in [0.29, 0.717) is 5.56 Å². The molecule has 1 N–H and O–H groups in total. The number of benzene rings is 1.